The minimum atomic E-state index is -0.640. The third kappa shape index (κ3) is 4.47. The van der Waals surface area contributed by atoms with Crippen molar-refractivity contribution in [3.8, 4) is 5.75 Å². The van der Waals surface area contributed by atoms with Gasteiger partial charge < -0.3 is 15.2 Å². The van der Waals surface area contributed by atoms with Gasteiger partial charge >= 0.3 is 0 Å². The monoisotopic (exact) mass is 291 g/mol. The van der Waals surface area contributed by atoms with Crippen LogP contribution in [0.5, 0.6) is 5.75 Å². The van der Waals surface area contributed by atoms with E-state index in [0.717, 1.165) is 11.0 Å². The number of rotatable bonds is 6. The van der Waals surface area contributed by atoms with Crippen LogP contribution in [0.3, 0.4) is 0 Å². The normalized spacial score (nSPS) is 12.5. The maximum absolute atomic E-state index is 13.2. The molecule has 0 amide bonds. The third-order valence-electron chi connectivity index (χ3n) is 1.95. The molecule has 0 aromatic heterocycles. The predicted molar refractivity (Wildman–Crippen MR) is 64.1 cm³/mol. The second kappa shape index (κ2) is 6.83. The highest BCUT2D eigenvalue weighted by Gasteiger charge is 2.08. The molecule has 1 unspecified atom stereocenters. The maximum Gasteiger partial charge on any atom is 0.165 e. The lowest BCUT2D eigenvalue weighted by Gasteiger charge is -2.13. The van der Waals surface area contributed by atoms with Gasteiger partial charge in [0.2, 0.25) is 0 Å². The Hall–Kier alpha value is -0.650. The van der Waals surface area contributed by atoms with Crippen molar-refractivity contribution in [3.63, 3.8) is 0 Å². The summed E-state index contributed by atoms with van der Waals surface area (Å²) in [5.41, 5.74) is 0. The van der Waals surface area contributed by atoms with Gasteiger partial charge in [0.25, 0.3) is 0 Å². The first kappa shape index (κ1) is 13.4. The van der Waals surface area contributed by atoms with Crippen molar-refractivity contribution in [2.45, 2.75) is 13.0 Å². The van der Waals surface area contributed by atoms with Gasteiger partial charge in [-0.25, -0.2) is 4.39 Å². The molecular formula is C11H15BrFNO2. The van der Waals surface area contributed by atoms with Crippen LogP contribution in [0.25, 0.3) is 0 Å². The first-order valence-corrected chi connectivity index (χ1v) is 5.89. The number of hydrogen-bond acceptors (Lipinski definition) is 3. The number of aliphatic hydroxyl groups is 1. The highest BCUT2D eigenvalue weighted by atomic mass is 79.9. The van der Waals surface area contributed by atoms with Gasteiger partial charge in [0, 0.05) is 11.0 Å². The Morgan fingerprint density at radius 1 is 1.56 bits per heavy atom. The summed E-state index contributed by atoms with van der Waals surface area (Å²) in [7, 11) is 0. The van der Waals surface area contributed by atoms with Crippen LogP contribution >= 0.6 is 15.9 Å². The second-order valence-electron chi connectivity index (χ2n) is 3.35. The van der Waals surface area contributed by atoms with Crippen molar-refractivity contribution in [2.24, 2.45) is 0 Å². The molecule has 1 atom stereocenters. The van der Waals surface area contributed by atoms with E-state index in [9.17, 15) is 9.50 Å². The van der Waals surface area contributed by atoms with Gasteiger partial charge in [-0.1, -0.05) is 22.9 Å². The van der Waals surface area contributed by atoms with Crippen LogP contribution in [-0.4, -0.2) is 30.9 Å². The van der Waals surface area contributed by atoms with E-state index in [4.69, 9.17) is 4.74 Å². The fraction of sp³-hybridized carbons (Fsp3) is 0.455. The Labute approximate surface area is 103 Å². The summed E-state index contributed by atoms with van der Waals surface area (Å²) >= 11 is 3.22. The highest BCUT2D eigenvalue weighted by molar-refractivity contribution is 9.10. The first-order chi connectivity index (χ1) is 7.63. The number of halogens is 2. The molecule has 0 saturated heterocycles. The van der Waals surface area contributed by atoms with Crippen LogP contribution in [0.2, 0.25) is 0 Å². The van der Waals surface area contributed by atoms with Crippen molar-refractivity contribution in [1.29, 1.82) is 0 Å². The topological polar surface area (TPSA) is 41.5 Å². The Bertz CT molecular complexity index is 336. The molecule has 0 aliphatic heterocycles. The van der Waals surface area contributed by atoms with Gasteiger partial charge in [-0.15, -0.1) is 0 Å². The zero-order valence-corrected chi connectivity index (χ0v) is 10.6. The van der Waals surface area contributed by atoms with Gasteiger partial charge in [-0.3, -0.25) is 0 Å². The number of aliphatic hydroxyl groups excluding tert-OH is 1. The summed E-state index contributed by atoms with van der Waals surface area (Å²) in [4.78, 5) is 0. The molecule has 0 saturated carbocycles. The Morgan fingerprint density at radius 2 is 2.31 bits per heavy atom. The van der Waals surface area contributed by atoms with Gasteiger partial charge in [0.15, 0.2) is 11.6 Å². The molecular weight excluding hydrogens is 277 g/mol. The lowest BCUT2D eigenvalue weighted by molar-refractivity contribution is 0.104. The predicted octanol–water partition coefficient (Wildman–Crippen LogP) is 1.94. The fourth-order valence-corrected chi connectivity index (χ4v) is 1.48. The summed E-state index contributed by atoms with van der Waals surface area (Å²) in [6.45, 7) is 3.23. The van der Waals surface area contributed by atoms with E-state index in [1.54, 1.807) is 6.07 Å². The van der Waals surface area contributed by atoms with Crippen LogP contribution < -0.4 is 10.1 Å². The van der Waals surface area contributed by atoms with Crippen molar-refractivity contribution in [1.82, 2.24) is 5.32 Å². The van der Waals surface area contributed by atoms with E-state index in [1.807, 2.05) is 6.92 Å². The van der Waals surface area contributed by atoms with E-state index in [-0.39, 0.29) is 12.4 Å². The molecule has 0 fully saturated rings. The Kier molecular flexibility index (Phi) is 5.73. The lowest BCUT2D eigenvalue weighted by atomic mass is 10.3. The van der Waals surface area contributed by atoms with Crippen molar-refractivity contribution in [2.75, 3.05) is 19.7 Å². The Morgan fingerprint density at radius 3 is 3.00 bits per heavy atom. The van der Waals surface area contributed by atoms with E-state index < -0.39 is 11.9 Å². The molecule has 90 valence electrons. The van der Waals surface area contributed by atoms with Crippen LogP contribution in [0.4, 0.5) is 4.39 Å². The number of likely N-dealkylation sites (N-methyl/N-ethyl adjacent to an activating group) is 1. The average Bonchev–Trinajstić information content (AvgIpc) is 2.27. The minimum Gasteiger partial charge on any atom is -0.488 e. The van der Waals surface area contributed by atoms with Gasteiger partial charge in [0.05, 0.1) is 0 Å². The third-order valence-corrected chi connectivity index (χ3v) is 2.45. The number of nitrogens with one attached hydrogen (secondary N) is 1. The van der Waals surface area contributed by atoms with Gasteiger partial charge in [0.1, 0.15) is 12.7 Å². The molecule has 5 heteroatoms. The van der Waals surface area contributed by atoms with E-state index >= 15 is 0 Å². The molecule has 0 aliphatic carbocycles. The fourth-order valence-electron chi connectivity index (χ4n) is 1.14. The van der Waals surface area contributed by atoms with Gasteiger partial charge in [-0.05, 0) is 24.7 Å². The van der Waals surface area contributed by atoms with E-state index in [1.165, 1.54) is 12.1 Å². The molecule has 0 bridgehead atoms. The van der Waals surface area contributed by atoms with Crippen LogP contribution in [-0.2, 0) is 0 Å². The molecule has 2 N–H and O–H groups in total. The highest BCUT2D eigenvalue weighted by Crippen LogP contribution is 2.22. The zero-order valence-electron chi connectivity index (χ0n) is 9.04. The zero-order chi connectivity index (χ0) is 12.0. The number of hydrogen-bond donors (Lipinski definition) is 2. The quantitative estimate of drug-likeness (QED) is 0.842. The average molecular weight is 292 g/mol. The van der Waals surface area contributed by atoms with Crippen LogP contribution in [0, 0.1) is 5.82 Å². The smallest absolute Gasteiger partial charge is 0.165 e. The van der Waals surface area contributed by atoms with Crippen molar-refractivity contribution >= 4 is 15.9 Å². The summed E-state index contributed by atoms with van der Waals surface area (Å²) in [5.74, 6) is -0.288. The van der Waals surface area contributed by atoms with Crippen molar-refractivity contribution in [3.05, 3.63) is 28.5 Å². The molecule has 0 spiro atoms. The SMILES string of the molecule is CCNCC(O)COc1cc(Br)ccc1F. The summed E-state index contributed by atoms with van der Waals surface area (Å²) in [6.07, 6.45) is -0.640. The minimum absolute atomic E-state index is 0.0698. The summed E-state index contributed by atoms with van der Waals surface area (Å²) in [5, 5.41) is 12.5. The molecule has 3 nitrogen and oxygen atoms in total. The summed E-state index contributed by atoms with van der Waals surface area (Å²) < 4.78 is 19.2. The van der Waals surface area contributed by atoms with E-state index in [0.29, 0.717) is 6.54 Å². The molecule has 0 heterocycles. The first-order valence-electron chi connectivity index (χ1n) is 5.10. The molecule has 1 rings (SSSR count). The molecule has 0 aliphatic rings. The van der Waals surface area contributed by atoms with Crippen LogP contribution in [0.1, 0.15) is 6.92 Å². The Balaban J connectivity index is 2.44. The molecule has 0 radical (unpaired) electrons. The second-order valence-corrected chi connectivity index (χ2v) is 4.26. The number of benzene rings is 1. The lowest BCUT2D eigenvalue weighted by Crippen LogP contribution is -2.31. The molecule has 16 heavy (non-hydrogen) atoms. The standard InChI is InChI=1S/C11H15BrFNO2/c1-2-14-6-9(15)7-16-11-5-8(12)3-4-10(11)13/h3-5,9,14-15H,2,6-7H2,1H3. The van der Waals surface area contributed by atoms with Gasteiger partial charge in [-0.2, -0.15) is 0 Å². The largest absolute Gasteiger partial charge is 0.488 e. The number of ether oxygens (including phenoxy) is 1. The molecule has 1 aromatic rings. The van der Waals surface area contributed by atoms with Crippen LogP contribution in [0.15, 0.2) is 22.7 Å². The molecule has 1 aromatic carbocycles. The maximum atomic E-state index is 13.2. The van der Waals surface area contributed by atoms with Crippen molar-refractivity contribution < 1.29 is 14.2 Å². The summed E-state index contributed by atoms with van der Waals surface area (Å²) in [6, 6.07) is 4.45. The van der Waals surface area contributed by atoms with E-state index in [2.05, 4.69) is 21.2 Å².